The van der Waals surface area contributed by atoms with E-state index in [9.17, 15) is 13.5 Å². The maximum absolute atomic E-state index is 12.0. The molecule has 0 saturated carbocycles. The van der Waals surface area contributed by atoms with E-state index >= 15 is 0 Å². The number of pyridine rings is 1. The summed E-state index contributed by atoms with van der Waals surface area (Å²) < 4.78 is 24.0. The van der Waals surface area contributed by atoms with Crippen molar-refractivity contribution in [3.63, 3.8) is 0 Å². The average molecular weight is 277 g/mol. The molecule has 2 aromatic rings. The molecule has 2 rings (SSSR count). The summed E-state index contributed by atoms with van der Waals surface area (Å²) in [6.45, 7) is 3.32. The van der Waals surface area contributed by atoms with Crippen LogP contribution in [0.3, 0.4) is 0 Å². The molecule has 1 heterocycles. The molecule has 4 nitrogen and oxygen atoms in total. The van der Waals surface area contributed by atoms with Crippen LogP contribution in [0.5, 0.6) is 5.75 Å². The van der Waals surface area contributed by atoms with Crippen LogP contribution in [0.15, 0.2) is 47.5 Å². The zero-order chi connectivity index (χ0) is 14.0. The molecule has 0 bridgehead atoms. The van der Waals surface area contributed by atoms with Gasteiger partial charge in [-0.15, -0.1) is 0 Å². The second kappa shape index (κ2) is 5.01. The van der Waals surface area contributed by atoms with Gasteiger partial charge in [-0.1, -0.05) is 12.1 Å². The van der Waals surface area contributed by atoms with Crippen molar-refractivity contribution in [2.75, 3.05) is 0 Å². The van der Waals surface area contributed by atoms with E-state index in [0.29, 0.717) is 10.6 Å². The predicted molar refractivity (Wildman–Crippen MR) is 73.7 cm³/mol. The van der Waals surface area contributed by atoms with Crippen LogP contribution < -0.4 is 0 Å². The average Bonchev–Trinajstić information content (AvgIpc) is 2.39. The van der Waals surface area contributed by atoms with Gasteiger partial charge in [0, 0.05) is 5.56 Å². The van der Waals surface area contributed by atoms with Crippen LogP contribution in [0.25, 0.3) is 11.3 Å². The lowest BCUT2D eigenvalue weighted by molar-refractivity contribution is 0.473. The normalized spacial score (nSPS) is 11.7. The molecule has 1 aromatic carbocycles. The molecule has 1 N–H and O–H groups in total. The van der Waals surface area contributed by atoms with Gasteiger partial charge in [0.05, 0.1) is 22.0 Å². The Bertz CT molecular complexity index is 659. The third-order valence-electron chi connectivity index (χ3n) is 2.85. The molecule has 19 heavy (non-hydrogen) atoms. The maximum Gasteiger partial charge on any atom is 0.180 e. The summed E-state index contributed by atoms with van der Waals surface area (Å²) in [6, 6.07) is 9.82. The Hall–Kier alpha value is -1.88. The topological polar surface area (TPSA) is 67.3 Å². The molecule has 0 spiro atoms. The van der Waals surface area contributed by atoms with Crippen molar-refractivity contribution in [2.24, 2.45) is 0 Å². The van der Waals surface area contributed by atoms with Crippen LogP contribution in [0, 0.1) is 0 Å². The largest absolute Gasteiger partial charge is 0.506 e. The van der Waals surface area contributed by atoms with Crippen LogP contribution in [-0.2, 0) is 9.84 Å². The monoisotopic (exact) mass is 277 g/mol. The van der Waals surface area contributed by atoms with E-state index in [4.69, 9.17) is 0 Å². The third-order valence-corrected chi connectivity index (χ3v) is 5.02. The van der Waals surface area contributed by atoms with Gasteiger partial charge in [-0.3, -0.25) is 4.98 Å². The van der Waals surface area contributed by atoms with Crippen molar-refractivity contribution >= 4 is 9.84 Å². The van der Waals surface area contributed by atoms with E-state index < -0.39 is 15.1 Å². The number of rotatable bonds is 3. The zero-order valence-corrected chi connectivity index (χ0v) is 11.6. The summed E-state index contributed by atoms with van der Waals surface area (Å²) in [5.74, 6) is 0.0998. The fourth-order valence-corrected chi connectivity index (χ4v) is 2.70. The molecule has 100 valence electrons. The Labute approximate surface area is 112 Å². The fraction of sp³-hybridized carbons (Fsp3) is 0.214. The minimum absolute atomic E-state index is 0.0998. The highest BCUT2D eigenvalue weighted by molar-refractivity contribution is 7.92. The van der Waals surface area contributed by atoms with E-state index in [0.717, 1.165) is 5.56 Å². The number of hydrogen-bond donors (Lipinski definition) is 1. The molecule has 5 heteroatoms. The summed E-state index contributed by atoms with van der Waals surface area (Å²) in [4.78, 5) is 4.39. The van der Waals surface area contributed by atoms with E-state index in [1.807, 2.05) is 0 Å². The molecule has 0 saturated heterocycles. The molecule has 1 aromatic heterocycles. The highest BCUT2D eigenvalue weighted by Crippen LogP contribution is 2.22. The Morgan fingerprint density at radius 3 is 2.16 bits per heavy atom. The van der Waals surface area contributed by atoms with Gasteiger partial charge in [0.25, 0.3) is 0 Å². The number of nitrogens with zero attached hydrogens (tertiary/aromatic N) is 1. The number of benzene rings is 1. The Balaban J connectivity index is 2.36. The van der Waals surface area contributed by atoms with Crippen LogP contribution in [-0.4, -0.2) is 23.8 Å². The van der Waals surface area contributed by atoms with E-state index in [2.05, 4.69) is 4.98 Å². The summed E-state index contributed by atoms with van der Waals surface area (Å²) in [5.41, 5.74) is 1.49. The Morgan fingerprint density at radius 2 is 1.68 bits per heavy atom. The first-order valence-electron chi connectivity index (χ1n) is 5.90. The van der Waals surface area contributed by atoms with Crippen molar-refractivity contribution < 1.29 is 13.5 Å². The van der Waals surface area contributed by atoms with E-state index in [1.165, 1.54) is 6.20 Å². The predicted octanol–water partition coefficient (Wildman–Crippen LogP) is 2.64. The van der Waals surface area contributed by atoms with E-state index in [1.54, 1.807) is 50.2 Å². The molecule has 0 aliphatic rings. The molecule has 0 amide bonds. The first-order valence-corrected chi connectivity index (χ1v) is 7.45. The van der Waals surface area contributed by atoms with Gasteiger partial charge >= 0.3 is 0 Å². The summed E-state index contributed by atoms with van der Waals surface area (Å²) in [6.07, 6.45) is 1.36. The molecular formula is C14H15NO3S. The van der Waals surface area contributed by atoms with Gasteiger partial charge in [0.2, 0.25) is 0 Å². The van der Waals surface area contributed by atoms with Crippen LogP contribution >= 0.6 is 0 Å². The number of aromatic nitrogens is 1. The summed E-state index contributed by atoms with van der Waals surface area (Å²) in [7, 11) is -3.24. The SMILES string of the molecule is CC(C)S(=O)(=O)c1ccc(-c2ccc(O)cn2)cc1. The number of hydrogen-bond acceptors (Lipinski definition) is 4. The minimum Gasteiger partial charge on any atom is -0.506 e. The molecule has 0 fully saturated rings. The van der Waals surface area contributed by atoms with Crippen LogP contribution in [0.4, 0.5) is 0 Å². The van der Waals surface area contributed by atoms with Crippen molar-refractivity contribution in [2.45, 2.75) is 24.0 Å². The lowest BCUT2D eigenvalue weighted by Crippen LogP contribution is -2.13. The van der Waals surface area contributed by atoms with E-state index in [-0.39, 0.29) is 5.75 Å². The zero-order valence-electron chi connectivity index (χ0n) is 10.7. The van der Waals surface area contributed by atoms with Crippen LogP contribution in [0.1, 0.15) is 13.8 Å². The van der Waals surface area contributed by atoms with Gasteiger partial charge < -0.3 is 5.11 Å². The molecular weight excluding hydrogens is 262 g/mol. The lowest BCUT2D eigenvalue weighted by Gasteiger charge is -2.08. The minimum atomic E-state index is -3.24. The lowest BCUT2D eigenvalue weighted by atomic mass is 10.1. The van der Waals surface area contributed by atoms with Crippen molar-refractivity contribution in [3.05, 3.63) is 42.6 Å². The summed E-state index contributed by atoms with van der Waals surface area (Å²) >= 11 is 0. The maximum atomic E-state index is 12.0. The first-order chi connectivity index (χ1) is 8.91. The Kier molecular flexibility index (Phi) is 3.57. The number of aromatic hydroxyl groups is 1. The van der Waals surface area contributed by atoms with Gasteiger partial charge in [0.1, 0.15) is 5.75 Å². The first kappa shape index (κ1) is 13.5. The molecule has 0 aliphatic heterocycles. The fourth-order valence-electron chi connectivity index (χ4n) is 1.64. The van der Waals surface area contributed by atoms with Crippen molar-refractivity contribution in [3.8, 4) is 17.0 Å². The highest BCUT2D eigenvalue weighted by Gasteiger charge is 2.18. The van der Waals surface area contributed by atoms with Gasteiger partial charge in [0.15, 0.2) is 9.84 Å². The Morgan fingerprint density at radius 1 is 1.05 bits per heavy atom. The highest BCUT2D eigenvalue weighted by atomic mass is 32.2. The van der Waals surface area contributed by atoms with Gasteiger partial charge in [-0.25, -0.2) is 8.42 Å². The van der Waals surface area contributed by atoms with Gasteiger partial charge in [-0.05, 0) is 38.1 Å². The second-order valence-corrected chi connectivity index (χ2v) is 7.02. The molecule has 0 radical (unpaired) electrons. The smallest absolute Gasteiger partial charge is 0.180 e. The van der Waals surface area contributed by atoms with Crippen molar-refractivity contribution in [1.29, 1.82) is 0 Å². The summed E-state index contributed by atoms with van der Waals surface area (Å²) in [5, 5.41) is 8.73. The molecule has 0 unspecified atom stereocenters. The molecule has 0 aliphatic carbocycles. The van der Waals surface area contributed by atoms with Crippen LogP contribution in [0.2, 0.25) is 0 Å². The second-order valence-electron chi connectivity index (χ2n) is 4.52. The molecule has 0 atom stereocenters. The van der Waals surface area contributed by atoms with Gasteiger partial charge in [-0.2, -0.15) is 0 Å². The standard InChI is InChI=1S/C14H15NO3S/c1-10(2)19(17,18)13-6-3-11(4-7-13)14-8-5-12(16)9-15-14/h3-10,16H,1-2H3. The third kappa shape index (κ3) is 2.76. The number of sulfone groups is 1. The van der Waals surface area contributed by atoms with Crippen molar-refractivity contribution in [1.82, 2.24) is 4.98 Å². The quantitative estimate of drug-likeness (QED) is 0.936.